The van der Waals surface area contributed by atoms with Gasteiger partial charge < -0.3 is 14.3 Å². The molecule has 2 aromatic carbocycles. The first-order valence-electron chi connectivity index (χ1n) is 7.98. The molecule has 0 radical (unpaired) electrons. The molecule has 0 atom stereocenters. The van der Waals surface area contributed by atoms with Crippen molar-refractivity contribution in [2.45, 2.75) is 13.8 Å². The van der Waals surface area contributed by atoms with E-state index in [0.717, 1.165) is 6.07 Å². The Bertz CT molecular complexity index is 1150. The van der Waals surface area contributed by atoms with Crippen LogP contribution in [0.4, 0.5) is 4.39 Å². The molecule has 8 heteroatoms. The van der Waals surface area contributed by atoms with E-state index in [1.807, 2.05) is 0 Å². The van der Waals surface area contributed by atoms with Crippen molar-refractivity contribution in [1.82, 2.24) is 15.0 Å². The third-order valence-corrected chi connectivity index (χ3v) is 4.20. The molecule has 0 aliphatic heterocycles. The van der Waals surface area contributed by atoms with Gasteiger partial charge in [-0.2, -0.15) is 4.98 Å². The summed E-state index contributed by atoms with van der Waals surface area (Å²) in [5, 5.41) is 10.2. The number of rotatable bonds is 3. The van der Waals surface area contributed by atoms with Gasteiger partial charge >= 0.3 is 6.01 Å². The van der Waals surface area contributed by atoms with E-state index in [4.69, 9.17) is 20.8 Å². The van der Waals surface area contributed by atoms with Crippen LogP contribution in [0.1, 0.15) is 11.1 Å². The maximum absolute atomic E-state index is 13.9. The molecule has 0 unspecified atom stereocenters. The van der Waals surface area contributed by atoms with Crippen molar-refractivity contribution in [3.8, 4) is 29.0 Å². The molecular formula is C19H13ClFN3O3. The second kappa shape index (κ2) is 6.51. The smallest absolute Gasteiger partial charge is 0.325 e. The fourth-order valence-corrected chi connectivity index (χ4v) is 2.79. The lowest BCUT2D eigenvalue weighted by Gasteiger charge is -2.04. The van der Waals surface area contributed by atoms with Crippen molar-refractivity contribution in [3.63, 3.8) is 0 Å². The Morgan fingerprint density at radius 2 is 1.85 bits per heavy atom. The van der Waals surface area contributed by atoms with Crippen molar-refractivity contribution >= 4 is 22.8 Å². The third-order valence-electron chi connectivity index (χ3n) is 3.96. The molecule has 2 aromatic heterocycles. The summed E-state index contributed by atoms with van der Waals surface area (Å²) < 4.78 is 24.9. The molecule has 0 saturated heterocycles. The summed E-state index contributed by atoms with van der Waals surface area (Å²) in [5.41, 5.74) is 2.75. The molecule has 1 N–H and O–H groups in total. The van der Waals surface area contributed by atoms with Gasteiger partial charge in [-0.3, -0.25) is 0 Å². The van der Waals surface area contributed by atoms with Gasteiger partial charge in [-0.15, -0.1) is 0 Å². The highest BCUT2D eigenvalue weighted by Gasteiger charge is 2.15. The lowest BCUT2D eigenvalue weighted by molar-refractivity contribution is 0.410. The zero-order valence-electron chi connectivity index (χ0n) is 14.3. The lowest BCUT2D eigenvalue weighted by atomic mass is 10.1. The number of phenols is 1. The van der Waals surface area contributed by atoms with Crippen LogP contribution in [0.5, 0.6) is 17.5 Å². The maximum Gasteiger partial charge on any atom is 0.325 e. The van der Waals surface area contributed by atoms with Crippen LogP contribution in [0.2, 0.25) is 5.02 Å². The number of ether oxygens (including phenoxy) is 1. The Hall–Kier alpha value is -3.19. The molecule has 0 amide bonds. The van der Waals surface area contributed by atoms with Gasteiger partial charge in [0.05, 0.1) is 6.20 Å². The highest BCUT2D eigenvalue weighted by Crippen LogP contribution is 2.31. The first-order valence-corrected chi connectivity index (χ1v) is 8.35. The largest absolute Gasteiger partial charge is 0.507 e. The second-order valence-electron chi connectivity index (χ2n) is 6.00. The number of oxazole rings is 1. The summed E-state index contributed by atoms with van der Waals surface area (Å²) in [4.78, 5) is 12.5. The quantitative estimate of drug-likeness (QED) is 0.522. The number of fused-ring (bicyclic) bond motifs is 1. The lowest BCUT2D eigenvalue weighted by Crippen LogP contribution is -1.93. The molecule has 0 aliphatic rings. The molecule has 0 spiro atoms. The summed E-state index contributed by atoms with van der Waals surface area (Å²) in [5.74, 6) is -0.113. The fourth-order valence-electron chi connectivity index (χ4n) is 2.63. The van der Waals surface area contributed by atoms with Crippen LogP contribution in [0, 0.1) is 19.7 Å². The Morgan fingerprint density at radius 1 is 1.11 bits per heavy atom. The van der Waals surface area contributed by atoms with Gasteiger partial charge in [-0.1, -0.05) is 11.6 Å². The molecule has 2 heterocycles. The second-order valence-corrected chi connectivity index (χ2v) is 6.43. The van der Waals surface area contributed by atoms with Crippen molar-refractivity contribution in [3.05, 3.63) is 58.5 Å². The Labute approximate surface area is 158 Å². The minimum absolute atomic E-state index is 0.0525. The number of benzene rings is 2. The summed E-state index contributed by atoms with van der Waals surface area (Å²) in [6.45, 7) is 3.59. The van der Waals surface area contributed by atoms with Crippen molar-refractivity contribution in [2.24, 2.45) is 0 Å². The number of nitrogens with zero attached hydrogens (tertiary/aromatic N) is 3. The third kappa shape index (κ3) is 3.29. The molecule has 0 saturated carbocycles. The van der Waals surface area contributed by atoms with E-state index in [9.17, 15) is 9.50 Å². The van der Waals surface area contributed by atoms with Gasteiger partial charge in [0.1, 0.15) is 11.3 Å². The number of aromatic nitrogens is 3. The average Bonchev–Trinajstić information content (AvgIpc) is 3.05. The number of aromatic hydroxyl groups is 1. The minimum Gasteiger partial charge on any atom is -0.507 e. The van der Waals surface area contributed by atoms with Crippen molar-refractivity contribution in [2.75, 3.05) is 0 Å². The zero-order valence-corrected chi connectivity index (χ0v) is 15.1. The highest BCUT2D eigenvalue weighted by atomic mass is 35.5. The number of hydrogen-bond donors (Lipinski definition) is 1. The molecular weight excluding hydrogens is 373 g/mol. The molecule has 4 rings (SSSR count). The van der Waals surface area contributed by atoms with Gasteiger partial charge in [0.2, 0.25) is 5.89 Å². The number of phenolic OH excluding ortho intramolecular Hbond substituents is 1. The Kier molecular flexibility index (Phi) is 4.16. The summed E-state index contributed by atoms with van der Waals surface area (Å²) in [6, 6.07) is 7.48. The van der Waals surface area contributed by atoms with Crippen LogP contribution in [-0.4, -0.2) is 20.1 Å². The fraction of sp³-hybridized carbons (Fsp3) is 0.105. The SMILES string of the molecule is Cc1cc(-c2nc3cnc(Oc4ccc(Cl)cc4F)nc3o2)cc(C)c1O. The minimum atomic E-state index is -0.625. The summed E-state index contributed by atoms with van der Waals surface area (Å²) in [7, 11) is 0. The first-order chi connectivity index (χ1) is 12.9. The van der Waals surface area contributed by atoms with Crippen LogP contribution in [0.25, 0.3) is 22.7 Å². The summed E-state index contributed by atoms with van der Waals surface area (Å²) >= 11 is 5.73. The zero-order chi connectivity index (χ0) is 19.1. The van der Waals surface area contributed by atoms with Gasteiger partial charge in [0.15, 0.2) is 11.6 Å². The van der Waals surface area contributed by atoms with Gasteiger partial charge in [-0.25, -0.2) is 14.4 Å². The predicted molar refractivity (Wildman–Crippen MR) is 97.7 cm³/mol. The van der Waals surface area contributed by atoms with E-state index in [2.05, 4.69) is 15.0 Å². The van der Waals surface area contributed by atoms with E-state index < -0.39 is 5.82 Å². The van der Waals surface area contributed by atoms with Crippen LogP contribution in [0.15, 0.2) is 40.9 Å². The molecule has 0 fully saturated rings. The number of hydrogen-bond acceptors (Lipinski definition) is 6. The maximum atomic E-state index is 13.9. The topological polar surface area (TPSA) is 81.3 Å². The molecule has 4 aromatic rings. The van der Waals surface area contributed by atoms with Crippen LogP contribution in [0.3, 0.4) is 0 Å². The van der Waals surface area contributed by atoms with E-state index in [0.29, 0.717) is 28.1 Å². The molecule has 0 bridgehead atoms. The van der Waals surface area contributed by atoms with Crippen LogP contribution < -0.4 is 4.74 Å². The van der Waals surface area contributed by atoms with Gasteiger partial charge in [0, 0.05) is 10.6 Å². The number of halogens is 2. The van der Waals surface area contributed by atoms with Crippen LogP contribution in [-0.2, 0) is 0 Å². The monoisotopic (exact) mass is 385 g/mol. The molecule has 27 heavy (non-hydrogen) atoms. The highest BCUT2D eigenvalue weighted by molar-refractivity contribution is 6.30. The summed E-state index contributed by atoms with van der Waals surface area (Å²) in [6.07, 6.45) is 1.43. The van der Waals surface area contributed by atoms with Gasteiger partial charge in [-0.05, 0) is 55.3 Å². The van der Waals surface area contributed by atoms with Gasteiger partial charge in [0.25, 0.3) is 5.71 Å². The van der Waals surface area contributed by atoms with E-state index in [1.165, 1.54) is 18.3 Å². The van der Waals surface area contributed by atoms with E-state index >= 15 is 0 Å². The number of aryl methyl sites for hydroxylation is 2. The molecule has 6 nitrogen and oxygen atoms in total. The average molecular weight is 386 g/mol. The van der Waals surface area contributed by atoms with E-state index in [1.54, 1.807) is 26.0 Å². The molecule has 136 valence electrons. The molecule has 0 aliphatic carbocycles. The normalized spacial score (nSPS) is 11.1. The Balaban J connectivity index is 1.70. The van der Waals surface area contributed by atoms with E-state index in [-0.39, 0.29) is 28.2 Å². The van der Waals surface area contributed by atoms with Crippen molar-refractivity contribution in [1.29, 1.82) is 0 Å². The Morgan fingerprint density at radius 3 is 2.56 bits per heavy atom. The first kappa shape index (κ1) is 17.2. The standard InChI is InChI=1S/C19H13ClFN3O3/c1-9-5-11(6-10(2)16(9)25)17-23-14-8-22-19(24-18(14)27-17)26-15-4-3-12(20)7-13(15)21/h3-8,25H,1-2H3. The van der Waals surface area contributed by atoms with Crippen molar-refractivity contribution < 1.29 is 18.7 Å². The van der Waals surface area contributed by atoms with Crippen LogP contribution >= 0.6 is 11.6 Å². The predicted octanol–water partition coefficient (Wildman–Crippen LogP) is 5.19.